The van der Waals surface area contributed by atoms with Crippen LogP contribution in [-0.2, 0) is 9.53 Å². The number of carbonyl (C=O) groups excluding carboxylic acids is 1. The minimum atomic E-state index is -2.31. The molecule has 0 saturated carbocycles. The van der Waals surface area contributed by atoms with Gasteiger partial charge < -0.3 is 9.47 Å². The summed E-state index contributed by atoms with van der Waals surface area (Å²) in [6.45, 7) is 3.81. The van der Waals surface area contributed by atoms with E-state index in [0.29, 0.717) is 6.61 Å². The second-order valence-electron chi connectivity index (χ2n) is 4.18. The topological polar surface area (TPSA) is 35.5 Å². The summed E-state index contributed by atoms with van der Waals surface area (Å²) < 4.78 is 74.4. The smallest absolute Gasteiger partial charge is 0.311 e. The average molecular weight is 312 g/mol. The Hall–Kier alpha value is -1.70. The van der Waals surface area contributed by atoms with Crippen LogP contribution < -0.4 is 4.74 Å². The molecule has 0 N–H and O–H groups in total. The summed E-state index contributed by atoms with van der Waals surface area (Å²) in [6, 6.07) is 0. The van der Waals surface area contributed by atoms with Crippen LogP contribution in [0.25, 0.3) is 0 Å². The van der Waals surface area contributed by atoms with Crippen molar-refractivity contribution >= 4 is 5.97 Å². The van der Waals surface area contributed by atoms with Gasteiger partial charge >= 0.3 is 5.97 Å². The van der Waals surface area contributed by atoms with E-state index in [-0.39, 0.29) is 18.9 Å². The highest BCUT2D eigenvalue weighted by Crippen LogP contribution is 2.29. The van der Waals surface area contributed by atoms with E-state index < -0.39 is 40.8 Å². The highest BCUT2D eigenvalue weighted by Gasteiger charge is 2.28. The Bertz CT molecular complexity index is 504. The molecule has 1 unspecified atom stereocenters. The number of hydrogen-bond donors (Lipinski definition) is 0. The van der Waals surface area contributed by atoms with E-state index in [1.165, 1.54) is 0 Å². The van der Waals surface area contributed by atoms with Crippen molar-refractivity contribution in [2.24, 2.45) is 0 Å². The highest BCUT2D eigenvalue weighted by atomic mass is 19.2. The zero-order valence-electron chi connectivity index (χ0n) is 11.3. The van der Waals surface area contributed by atoms with Crippen molar-refractivity contribution in [2.45, 2.75) is 32.8 Å². The molecule has 0 heterocycles. The van der Waals surface area contributed by atoms with Gasteiger partial charge in [-0.25, -0.2) is 13.2 Å². The summed E-state index contributed by atoms with van der Waals surface area (Å²) in [7, 11) is 0. The molecule has 0 fully saturated rings. The number of ether oxygens (including phenoxy) is 2. The quantitative estimate of drug-likeness (QED) is 0.265. The number of carbonyl (C=O) groups is 1. The first-order valence-corrected chi connectivity index (χ1v) is 6.13. The van der Waals surface area contributed by atoms with Gasteiger partial charge in [0.15, 0.2) is 0 Å². The second-order valence-corrected chi connectivity index (χ2v) is 4.18. The summed E-state index contributed by atoms with van der Waals surface area (Å²) in [6.07, 6.45) is -0.415. The fraction of sp³-hybridized carbons (Fsp3) is 0.462. The normalized spacial score (nSPS) is 12.3. The fourth-order valence-corrected chi connectivity index (χ4v) is 1.53. The van der Waals surface area contributed by atoms with Gasteiger partial charge in [-0.2, -0.15) is 8.78 Å². The van der Waals surface area contributed by atoms with E-state index >= 15 is 0 Å². The SMILES string of the molecule is CCOC(C)CCC(=O)Oc1c(F)c(F)c(F)c(F)c1F. The van der Waals surface area contributed by atoms with Crippen molar-refractivity contribution in [3.8, 4) is 5.75 Å². The van der Waals surface area contributed by atoms with Gasteiger partial charge in [0.05, 0.1) is 6.10 Å². The molecule has 1 atom stereocenters. The molecule has 0 saturated heterocycles. The third-order valence-corrected chi connectivity index (χ3v) is 2.59. The number of hydrogen-bond acceptors (Lipinski definition) is 3. The maximum Gasteiger partial charge on any atom is 0.311 e. The number of rotatable bonds is 6. The summed E-state index contributed by atoms with van der Waals surface area (Å²) in [4.78, 5) is 11.4. The van der Waals surface area contributed by atoms with Crippen LogP contribution in [0.2, 0.25) is 0 Å². The van der Waals surface area contributed by atoms with Gasteiger partial charge in [-0.1, -0.05) is 0 Å². The van der Waals surface area contributed by atoms with Crippen molar-refractivity contribution in [2.75, 3.05) is 6.61 Å². The zero-order valence-corrected chi connectivity index (χ0v) is 11.3. The first-order chi connectivity index (χ1) is 9.79. The van der Waals surface area contributed by atoms with Crippen LogP contribution in [0.4, 0.5) is 22.0 Å². The zero-order chi connectivity index (χ0) is 16.2. The van der Waals surface area contributed by atoms with Crippen LogP contribution in [0.5, 0.6) is 5.75 Å². The van der Waals surface area contributed by atoms with E-state index in [2.05, 4.69) is 4.74 Å². The molecule has 0 spiro atoms. The van der Waals surface area contributed by atoms with Crippen LogP contribution in [0.3, 0.4) is 0 Å². The van der Waals surface area contributed by atoms with Crippen molar-refractivity contribution in [1.82, 2.24) is 0 Å². The molecule has 0 bridgehead atoms. The van der Waals surface area contributed by atoms with Crippen molar-refractivity contribution in [3.63, 3.8) is 0 Å². The lowest BCUT2D eigenvalue weighted by molar-refractivity contribution is -0.135. The molecule has 0 aliphatic rings. The largest absolute Gasteiger partial charge is 0.420 e. The number of benzene rings is 1. The van der Waals surface area contributed by atoms with E-state index in [1.54, 1.807) is 13.8 Å². The molecule has 0 aliphatic carbocycles. The van der Waals surface area contributed by atoms with E-state index in [9.17, 15) is 26.7 Å². The number of esters is 1. The number of halogens is 5. The Morgan fingerprint density at radius 1 is 1.00 bits per heavy atom. The average Bonchev–Trinajstić information content (AvgIpc) is 2.46. The minimum Gasteiger partial charge on any atom is -0.420 e. The first-order valence-electron chi connectivity index (χ1n) is 6.13. The maximum atomic E-state index is 13.3. The van der Waals surface area contributed by atoms with Crippen LogP contribution in [0.1, 0.15) is 26.7 Å². The standard InChI is InChI=1S/C13H13F5O3/c1-3-20-6(2)4-5-7(19)21-13-11(17)9(15)8(14)10(16)12(13)18/h6H,3-5H2,1-2H3. The van der Waals surface area contributed by atoms with Crippen LogP contribution in [0.15, 0.2) is 0 Å². The van der Waals surface area contributed by atoms with Crippen LogP contribution >= 0.6 is 0 Å². The monoisotopic (exact) mass is 312 g/mol. The van der Waals surface area contributed by atoms with Crippen LogP contribution in [0, 0.1) is 29.1 Å². The molecule has 118 valence electrons. The van der Waals surface area contributed by atoms with Gasteiger partial charge in [0.2, 0.25) is 34.8 Å². The molecular formula is C13H13F5O3. The van der Waals surface area contributed by atoms with E-state index in [0.717, 1.165) is 0 Å². The molecule has 0 aliphatic heterocycles. The van der Waals surface area contributed by atoms with Crippen molar-refractivity contribution < 1.29 is 36.2 Å². The van der Waals surface area contributed by atoms with Gasteiger partial charge in [0, 0.05) is 13.0 Å². The fourth-order valence-electron chi connectivity index (χ4n) is 1.53. The molecule has 3 nitrogen and oxygen atoms in total. The third-order valence-electron chi connectivity index (χ3n) is 2.59. The molecule has 21 heavy (non-hydrogen) atoms. The lowest BCUT2D eigenvalue weighted by Crippen LogP contribution is -2.16. The lowest BCUT2D eigenvalue weighted by atomic mass is 10.2. The summed E-state index contributed by atoms with van der Waals surface area (Å²) in [5, 5.41) is 0. The summed E-state index contributed by atoms with van der Waals surface area (Å²) >= 11 is 0. The Morgan fingerprint density at radius 2 is 1.48 bits per heavy atom. The maximum absolute atomic E-state index is 13.3. The van der Waals surface area contributed by atoms with E-state index in [1.807, 2.05) is 0 Å². The van der Waals surface area contributed by atoms with Gasteiger partial charge in [0.25, 0.3) is 0 Å². The second kappa shape index (κ2) is 7.35. The van der Waals surface area contributed by atoms with Gasteiger partial charge in [-0.3, -0.25) is 4.79 Å². The van der Waals surface area contributed by atoms with Crippen molar-refractivity contribution in [3.05, 3.63) is 29.1 Å². The Balaban J connectivity index is 2.82. The predicted molar refractivity (Wildman–Crippen MR) is 62.2 cm³/mol. The lowest BCUT2D eigenvalue weighted by Gasteiger charge is -2.11. The highest BCUT2D eigenvalue weighted by molar-refractivity contribution is 5.72. The molecule has 0 radical (unpaired) electrons. The molecule has 0 amide bonds. The Labute approximate surface area is 117 Å². The Kier molecular flexibility index (Phi) is 6.07. The first kappa shape index (κ1) is 17.4. The molecule has 1 aromatic rings. The Morgan fingerprint density at radius 3 is 1.95 bits per heavy atom. The minimum absolute atomic E-state index is 0.183. The van der Waals surface area contributed by atoms with E-state index in [4.69, 9.17) is 4.74 Å². The molecule has 1 aromatic carbocycles. The molecule has 1 rings (SSSR count). The molecule has 8 heteroatoms. The molecular weight excluding hydrogens is 299 g/mol. The van der Waals surface area contributed by atoms with Crippen molar-refractivity contribution in [1.29, 1.82) is 0 Å². The van der Waals surface area contributed by atoms with Gasteiger partial charge in [0.1, 0.15) is 0 Å². The van der Waals surface area contributed by atoms with Crippen LogP contribution in [-0.4, -0.2) is 18.7 Å². The van der Waals surface area contributed by atoms with Gasteiger partial charge in [-0.15, -0.1) is 0 Å². The third kappa shape index (κ3) is 4.13. The summed E-state index contributed by atoms with van der Waals surface area (Å²) in [5.74, 6) is -13.7. The predicted octanol–water partition coefficient (Wildman–Crippen LogP) is 3.49. The molecule has 0 aromatic heterocycles. The summed E-state index contributed by atoms with van der Waals surface area (Å²) in [5.41, 5.74) is 0. The van der Waals surface area contributed by atoms with Gasteiger partial charge in [-0.05, 0) is 20.3 Å².